The van der Waals surface area contributed by atoms with Crippen molar-refractivity contribution in [2.24, 2.45) is 5.73 Å². The zero-order valence-corrected chi connectivity index (χ0v) is 12.2. The van der Waals surface area contributed by atoms with Crippen LogP contribution in [-0.4, -0.2) is 9.78 Å². The lowest BCUT2D eigenvalue weighted by Crippen LogP contribution is -2.10. The molecule has 114 valence electrons. The van der Waals surface area contributed by atoms with Crippen LogP contribution in [0.15, 0.2) is 24.3 Å². The van der Waals surface area contributed by atoms with Gasteiger partial charge < -0.3 is 5.73 Å². The molecule has 3 nitrogen and oxygen atoms in total. The molecule has 0 fully saturated rings. The van der Waals surface area contributed by atoms with Crippen molar-refractivity contribution in [1.82, 2.24) is 9.78 Å². The molecule has 0 aliphatic rings. The van der Waals surface area contributed by atoms with Crippen LogP contribution >= 0.6 is 0 Å². The Labute approximate surface area is 121 Å². The van der Waals surface area contributed by atoms with Gasteiger partial charge in [0, 0.05) is 17.3 Å². The Morgan fingerprint density at radius 3 is 2.48 bits per heavy atom. The van der Waals surface area contributed by atoms with Gasteiger partial charge in [0.05, 0.1) is 17.8 Å². The monoisotopic (exact) mass is 297 g/mol. The van der Waals surface area contributed by atoms with E-state index in [-0.39, 0.29) is 6.04 Å². The molecule has 0 aliphatic heterocycles. The summed E-state index contributed by atoms with van der Waals surface area (Å²) in [4.78, 5) is 0. The lowest BCUT2D eigenvalue weighted by atomic mass is 10.1. The highest BCUT2D eigenvalue weighted by Crippen LogP contribution is 2.30. The summed E-state index contributed by atoms with van der Waals surface area (Å²) in [6.07, 6.45) is -4.33. The Kier molecular flexibility index (Phi) is 4.09. The van der Waals surface area contributed by atoms with Gasteiger partial charge in [-0.1, -0.05) is 12.1 Å². The molecule has 2 rings (SSSR count). The van der Waals surface area contributed by atoms with Crippen LogP contribution in [0.4, 0.5) is 13.2 Å². The molecule has 1 unspecified atom stereocenters. The molecule has 1 aromatic heterocycles. The lowest BCUT2D eigenvalue weighted by Gasteiger charge is -2.10. The minimum atomic E-state index is -4.33. The average molecular weight is 297 g/mol. The third-order valence-electron chi connectivity index (χ3n) is 3.48. The van der Waals surface area contributed by atoms with E-state index in [2.05, 4.69) is 5.10 Å². The molecule has 0 bridgehead atoms. The molecule has 0 spiro atoms. The van der Waals surface area contributed by atoms with E-state index in [1.54, 1.807) is 10.7 Å². The standard InChI is InChI=1S/C15H18F3N3/c1-9(19)14-10(2)20-21(11(14)3)8-12-5-4-6-13(7-12)15(16,17)18/h4-7,9H,8,19H2,1-3H3. The molecule has 2 N–H and O–H groups in total. The maximum absolute atomic E-state index is 12.7. The van der Waals surface area contributed by atoms with Gasteiger partial charge in [-0.05, 0) is 38.5 Å². The number of benzene rings is 1. The molecule has 0 aliphatic carbocycles. The van der Waals surface area contributed by atoms with Gasteiger partial charge in [-0.25, -0.2) is 0 Å². The van der Waals surface area contributed by atoms with Crippen molar-refractivity contribution >= 4 is 0 Å². The number of hydrogen-bond donors (Lipinski definition) is 1. The predicted octanol–water partition coefficient (Wildman–Crippen LogP) is 3.59. The smallest absolute Gasteiger partial charge is 0.324 e. The van der Waals surface area contributed by atoms with Crippen LogP contribution < -0.4 is 5.73 Å². The third-order valence-corrected chi connectivity index (χ3v) is 3.48. The van der Waals surface area contributed by atoms with Gasteiger partial charge >= 0.3 is 6.18 Å². The quantitative estimate of drug-likeness (QED) is 0.941. The molecule has 1 atom stereocenters. The van der Waals surface area contributed by atoms with Crippen LogP contribution in [0.2, 0.25) is 0 Å². The zero-order chi connectivity index (χ0) is 15.8. The molecular formula is C15H18F3N3. The Hall–Kier alpha value is -1.82. The first-order valence-electron chi connectivity index (χ1n) is 6.65. The largest absolute Gasteiger partial charge is 0.416 e. The number of nitrogens with zero attached hydrogens (tertiary/aromatic N) is 2. The van der Waals surface area contributed by atoms with E-state index < -0.39 is 11.7 Å². The molecule has 0 saturated carbocycles. The van der Waals surface area contributed by atoms with E-state index in [1.165, 1.54) is 6.07 Å². The van der Waals surface area contributed by atoms with Crippen molar-refractivity contribution in [3.63, 3.8) is 0 Å². The van der Waals surface area contributed by atoms with E-state index >= 15 is 0 Å². The molecule has 6 heteroatoms. The van der Waals surface area contributed by atoms with E-state index in [0.717, 1.165) is 29.1 Å². The minimum Gasteiger partial charge on any atom is -0.324 e. The maximum Gasteiger partial charge on any atom is 0.416 e. The predicted molar refractivity (Wildman–Crippen MR) is 74.8 cm³/mol. The molecule has 0 saturated heterocycles. The van der Waals surface area contributed by atoms with E-state index in [4.69, 9.17) is 5.73 Å². The van der Waals surface area contributed by atoms with Crippen molar-refractivity contribution in [2.45, 2.75) is 39.5 Å². The number of hydrogen-bond acceptors (Lipinski definition) is 2. The van der Waals surface area contributed by atoms with Gasteiger partial charge in [0.15, 0.2) is 0 Å². The lowest BCUT2D eigenvalue weighted by molar-refractivity contribution is -0.137. The number of halogens is 3. The fraction of sp³-hybridized carbons (Fsp3) is 0.400. The van der Waals surface area contributed by atoms with Gasteiger partial charge in [0.2, 0.25) is 0 Å². The van der Waals surface area contributed by atoms with Crippen molar-refractivity contribution < 1.29 is 13.2 Å². The van der Waals surface area contributed by atoms with Crippen LogP contribution in [0.5, 0.6) is 0 Å². The fourth-order valence-electron chi connectivity index (χ4n) is 2.54. The van der Waals surface area contributed by atoms with Crippen LogP contribution in [-0.2, 0) is 12.7 Å². The Morgan fingerprint density at radius 2 is 1.95 bits per heavy atom. The minimum absolute atomic E-state index is 0.153. The second kappa shape index (κ2) is 5.52. The van der Waals surface area contributed by atoms with E-state index in [9.17, 15) is 13.2 Å². The third kappa shape index (κ3) is 3.26. The first-order valence-corrected chi connectivity index (χ1v) is 6.65. The summed E-state index contributed by atoms with van der Waals surface area (Å²) in [5.74, 6) is 0. The summed E-state index contributed by atoms with van der Waals surface area (Å²) in [7, 11) is 0. The van der Waals surface area contributed by atoms with E-state index in [1.807, 2.05) is 20.8 Å². The highest BCUT2D eigenvalue weighted by molar-refractivity contribution is 5.30. The number of nitrogens with two attached hydrogens (primary N) is 1. The van der Waals surface area contributed by atoms with Gasteiger partial charge in [-0.3, -0.25) is 4.68 Å². The first-order chi connectivity index (χ1) is 9.70. The summed E-state index contributed by atoms with van der Waals surface area (Å²) in [6, 6.07) is 5.15. The van der Waals surface area contributed by atoms with Gasteiger partial charge in [-0.2, -0.15) is 18.3 Å². The van der Waals surface area contributed by atoms with Crippen molar-refractivity contribution in [2.75, 3.05) is 0 Å². The zero-order valence-electron chi connectivity index (χ0n) is 12.2. The molecule has 1 heterocycles. The van der Waals surface area contributed by atoms with Crippen LogP contribution in [0.1, 0.15) is 41.0 Å². The van der Waals surface area contributed by atoms with Crippen molar-refractivity contribution in [3.8, 4) is 0 Å². The van der Waals surface area contributed by atoms with Crippen molar-refractivity contribution in [1.29, 1.82) is 0 Å². The Bertz CT molecular complexity index is 642. The molecule has 0 amide bonds. The van der Waals surface area contributed by atoms with E-state index in [0.29, 0.717) is 12.1 Å². The summed E-state index contributed by atoms with van der Waals surface area (Å²) in [5.41, 5.74) is 8.47. The molecule has 1 aromatic carbocycles. The number of aryl methyl sites for hydroxylation is 1. The van der Waals surface area contributed by atoms with Crippen LogP contribution in [0.3, 0.4) is 0 Å². The Balaban J connectivity index is 2.33. The van der Waals surface area contributed by atoms with Gasteiger partial charge in [0.25, 0.3) is 0 Å². The van der Waals surface area contributed by atoms with Crippen molar-refractivity contribution in [3.05, 3.63) is 52.3 Å². The molecule has 0 radical (unpaired) electrons. The Morgan fingerprint density at radius 1 is 1.29 bits per heavy atom. The SMILES string of the molecule is Cc1nn(Cc2cccc(C(F)(F)F)c2)c(C)c1C(C)N. The average Bonchev–Trinajstić information content (AvgIpc) is 2.63. The second-order valence-electron chi connectivity index (χ2n) is 5.23. The number of rotatable bonds is 3. The number of alkyl halides is 3. The van der Waals surface area contributed by atoms with Gasteiger partial charge in [0.1, 0.15) is 0 Å². The molecule has 21 heavy (non-hydrogen) atoms. The first kappa shape index (κ1) is 15.6. The maximum atomic E-state index is 12.7. The fourth-order valence-corrected chi connectivity index (χ4v) is 2.54. The second-order valence-corrected chi connectivity index (χ2v) is 5.23. The summed E-state index contributed by atoms with van der Waals surface area (Å²) in [6.45, 7) is 5.90. The van der Waals surface area contributed by atoms with Crippen LogP contribution in [0.25, 0.3) is 0 Å². The molecule has 2 aromatic rings. The summed E-state index contributed by atoms with van der Waals surface area (Å²) < 4.78 is 39.9. The highest BCUT2D eigenvalue weighted by atomic mass is 19.4. The van der Waals surface area contributed by atoms with Crippen LogP contribution in [0, 0.1) is 13.8 Å². The normalized spacial score (nSPS) is 13.5. The number of aromatic nitrogens is 2. The highest BCUT2D eigenvalue weighted by Gasteiger charge is 2.30. The molecular weight excluding hydrogens is 279 g/mol. The van der Waals surface area contributed by atoms with Gasteiger partial charge in [-0.15, -0.1) is 0 Å². The summed E-state index contributed by atoms with van der Waals surface area (Å²) in [5, 5.41) is 4.37. The topological polar surface area (TPSA) is 43.8 Å². The summed E-state index contributed by atoms with van der Waals surface area (Å²) >= 11 is 0.